The van der Waals surface area contributed by atoms with Crippen molar-refractivity contribution in [2.24, 2.45) is 0 Å². The molecule has 0 amide bonds. The van der Waals surface area contributed by atoms with Gasteiger partial charge in [0, 0.05) is 18.3 Å². The van der Waals surface area contributed by atoms with E-state index in [1.807, 2.05) is 18.2 Å². The first-order chi connectivity index (χ1) is 14.6. The standard InChI is InChI=1S/C22H21FN4O3/c1-28-18-10-14(11-19(29-2)21(18)30-3)12-25-20-8-9-24-22-17(13-26-27(20)22)15-4-6-16(23)7-5-15/h4-11,13,25H,12H2,1-3H3. The zero-order valence-electron chi connectivity index (χ0n) is 16.8. The summed E-state index contributed by atoms with van der Waals surface area (Å²) in [6.45, 7) is 0.502. The maximum atomic E-state index is 13.3. The molecule has 2 heterocycles. The smallest absolute Gasteiger partial charge is 0.203 e. The van der Waals surface area contributed by atoms with Crippen LogP contribution in [0.4, 0.5) is 10.2 Å². The fourth-order valence-electron chi connectivity index (χ4n) is 3.29. The van der Waals surface area contributed by atoms with Crippen LogP contribution in [-0.2, 0) is 6.54 Å². The van der Waals surface area contributed by atoms with Gasteiger partial charge in [0.2, 0.25) is 5.75 Å². The van der Waals surface area contributed by atoms with Gasteiger partial charge in [-0.05, 0) is 41.5 Å². The van der Waals surface area contributed by atoms with Crippen LogP contribution < -0.4 is 19.5 Å². The minimum absolute atomic E-state index is 0.282. The van der Waals surface area contributed by atoms with E-state index in [9.17, 15) is 4.39 Å². The highest BCUT2D eigenvalue weighted by Gasteiger charge is 2.14. The van der Waals surface area contributed by atoms with E-state index in [0.717, 1.165) is 22.5 Å². The van der Waals surface area contributed by atoms with Gasteiger partial charge in [0.15, 0.2) is 17.1 Å². The van der Waals surface area contributed by atoms with Crippen LogP contribution in [0, 0.1) is 5.82 Å². The first-order valence-electron chi connectivity index (χ1n) is 9.26. The second-order valence-corrected chi connectivity index (χ2v) is 6.52. The summed E-state index contributed by atoms with van der Waals surface area (Å²) in [5.41, 5.74) is 3.30. The lowest BCUT2D eigenvalue weighted by molar-refractivity contribution is 0.324. The average Bonchev–Trinajstić information content (AvgIpc) is 3.22. The third kappa shape index (κ3) is 3.59. The molecule has 0 aliphatic heterocycles. The van der Waals surface area contributed by atoms with E-state index in [1.165, 1.54) is 12.1 Å². The third-order valence-electron chi connectivity index (χ3n) is 4.75. The zero-order valence-corrected chi connectivity index (χ0v) is 16.8. The van der Waals surface area contributed by atoms with Crippen molar-refractivity contribution in [1.82, 2.24) is 14.6 Å². The van der Waals surface area contributed by atoms with Crippen LogP contribution in [-0.4, -0.2) is 35.9 Å². The van der Waals surface area contributed by atoms with Gasteiger partial charge in [-0.3, -0.25) is 0 Å². The molecule has 0 atom stereocenters. The summed E-state index contributed by atoms with van der Waals surface area (Å²) in [6.07, 6.45) is 3.43. The van der Waals surface area contributed by atoms with Crippen molar-refractivity contribution in [2.75, 3.05) is 26.6 Å². The summed E-state index contributed by atoms with van der Waals surface area (Å²) in [7, 11) is 4.74. The number of hydrogen-bond acceptors (Lipinski definition) is 6. The first-order valence-corrected chi connectivity index (χ1v) is 9.26. The van der Waals surface area contributed by atoms with Crippen LogP contribution in [0.3, 0.4) is 0 Å². The Morgan fingerprint density at radius 3 is 2.30 bits per heavy atom. The van der Waals surface area contributed by atoms with Crippen LogP contribution >= 0.6 is 0 Å². The molecule has 4 rings (SSSR count). The van der Waals surface area contributed by atoms with E-state index in [0.29, 0.717) is 29.4 Å². The number of hydrogen-bond donors (Lipinski definition) is 1. The number of benzene rings is 2. The second-order valence-electron chi connectivity index (χ2n) is 6.52. The molecule has 1 N–H and O–H groups in total. The average molecular weight is 408 g/mol. The number of methoxy groups -OCH3 is 3. The predicted molar refractivity (Wildman–Crippen MR) is 112 cm³/mol. The number of anilines is 1. The van der Waals surface area contributed by atoms with Gasteiger partial charge in [-0.2, -0.15) is 9.61 Å². The second kappa shape index (κ2) is 8.28. The fourth-order valence-corrected chi connectivity index (χ4v) is 3.29. The van der Waals surface area contributed by atoms with E-state index < -0.39 is 0 Å². The molecule has 8 heteroatoms. The molecule has 30 heavy (non-hydrogen) atoms. The molecule has 0 radical (unpaired) electrons. The SMILES string of the molecule is COc1cc(CNc2ccnc3c(-c4ccc(F)cc4)cnn23)cc(OC)c1OC. The van der Waals surface area contributed by atoms with Crippen molar-refractivity contribution >= 4 is 11.5 Å². The molecular weight excluding hydrogens is 387 g/mol. The quantitative estimate of drug-likeness (QED) is 0.495. The minimum Gasteiger partial charge on any atom is -0.493 e. The summed E-state index contributed by atoms with van der Waals surface area (Å²) in [5, 5.41) is 7.82. The Kier molecular flexibility index (Phi) is 5.38. The van der Waals surface area contributed by atoms with Crippen molar-refractivity contribution in [3.63, 3.8) is 0 Å². The van der Waals surface area contributed by atoms with Gasteiger partial charge in [0.1, 0.15) is 11.6 Å². The lowest BCUT2D eigenvalue weighted by Gasteiger charge is -2.15. The van der Waals surface area contributed by atoms with E-state index in [2.05, 4.69) is 15.4 Å². The van der Waals surface area contributed by atoms with E-state index in [1.54, 1.807) is 50.4 Å². The van der Waals surface area contributed by atoms with Crippen LogP contribution in [0.2, 0.25) is 0 Å². The number of fused-ring (bicyclic) bond motifs is 1. The molecule has 0 saturated carbocycles. The van der Waals surface area contributed by atoms with Crippen LogP contribution in [0.1, 0.15) is 5.56 Å². The van der Waals surface area contributed by atoms with Crippen molar-refractivity contribution in [3.05, 3.63) is 66.2 Å². The molecule has 0 fully saturated rings. The topological polar surface area (TPSA) is 69.9 Å². The Bertz CT molecular complexity index is 1150. The van der Waals surface area contributed by atoms with E-state index in [4.69, 9.17) is 14.2 Å². The first kappa shape index (κ1) is 19.5. The third-order valence-corrected chi connectivity index (χ3v) is 4.75. The van der Waals surface area contributed by atoms with Gasteiger partial charge < -0.3 is 19.5 Å². The van der Waals surface area contributed by atoms with Gasteiger partial charge in [-0.1, -0.05) is 12.1 Å². The molecule has 2 aromatic heterocycles. The maximum Gasteiger partial charge on any atom is 0.203 e. The number of halogens is 1. The molecular formula is C22H21FN4O3. The van der Waals surface area contributed by atoms with Gasteiger partial charge in [0.05, 0.1) is 27.5 Å². The number of nitrogens with zero attached hydrogens (tertiary/aromatic N) is 3. The van der Waals surface area contributed by atoms with Crippen molar-refractivity contribution in [3.8, 4) is 28.4 Å². The molecule has 0 saturated heterocycles. The summed E-state index contributed by atoms with van der Waals surface area (Å²) in [5.74, 6) is 2.21. The molecule has 4 aromatic rings. The molecule has 154 valence electrons. The fraction of sp³-hybridized carbons (Fsp3) is 0.182. The van der Waals surface area contributed by atoms with Crippen molar-refractivity contribution in [1.29, 1.82) is 0 Å². The summed E-state index contributed by atoms with van der Waals surface area (Å²) in [4.78, 5) is 4.44. The highest BCUT2D eigenvalue weighted by atomic mass is 19.1. The molecule has 0 aliphatic carbocycles. The summed E-state index contributed by atoms with van der Waals surface area (Å²) >= 11 is 0. The zero-order chi connectivity index (χ0) is 21.1. The molecule has 7 nitrogen and oxygen atoms in total. The Morgan fingerprint density at radius 2 is 1.67 bits per heavy atom. The number of rotatable bonds is 7. The molecule has 0 spiro atoms. The number of aromatic nitrogens is 3. The summed E-state index contributed by atoms with van der Waals surface area (Å²) < 4.78 is 31.2. The lowest BCUT2D eigenvalue weighted by atomic mass is 10.1. The normalized spacial score (nSPS) is 10.8. The molecule has 0 unspecified atom stereocenters. The Labute approximate surface area is 173 Å². The van der Waals surface area contributed by atoms with Gasteiger partial charge in [-0.25, -0.2) is 9.37 Å². The van der Waals surface area contributed by atoms with Crippen molar-refractivity contribution < 1.29 is 18.6 Å². The van der Waals surface area contributed by atoms with Crippen LogP contribution in [0.25, 0.3) is 16.8 Å². The van der Waals surface area contributed by atoms with Gasteiger partial charge in [-0.15, -0.1) is 0 Å². The highest BCUT2D eigenvalue weighted by molar-refractivity contribution is 5.77. The highest BCUT2D eigenvalue weighted by Crippen LogP contribution is 2.38. The lowest BCUT2D eigenvalue weighted by Crippen LogP contribution is -2.06. The van der Waals surface area contributed by atoms with Gasteiger partial charge in [0.25, 0.3) is 0 Å². The van der Waals surface area contributed by atoms with Crippen molar-refractivity contribution in [2.45, 2.75) is 6.54 Å². The Balaban J connectivity index is 1.63. The monoisotopic (exact) mass is 408 g/mol. The van der Waals surface area contributed by atoms with E-state index >= 15 is 0 Å². The Morgan fingerprint density at radius 1 is 0.967 bits per heavy atom. The molecule has 0 bridgehead atoms. The van der Waals surface area contributed by atoms with Crippen LogP contribution in [0.15, 0.2) is 54.9 Å². The number of ether oxygens (including phenoxy) is 3. The van der Waals surface area contributed by atoms with Gasteiger partial charge >= 0.3 is 0 Å². The summed E-state index contributed by atoms with van der Waals surface area (Å²) in [6, 6.07) is 11.9. The predicted octanol–water partition coefficient (Wildman–Crippen LogP) is 4.17. The minimum atomic E-state index is -0.282. The molecule has 2 aromatic carbocycles. The maximum absolute atomic E-state index is 13.3. The Hall–Kier alpha value is -3.81. The van der Waals surface area contributed by atoms with E-state index in [-0.39, 0.29) is 5.82 Å². The number of nitrogens with one attached hydrogen (secondary N) is 1. The van der Waals surface area contributed by atoms with Crippen LogP contribution in [0.5, 0.6) is 17.2 Å². The largest absolute Gasteiger partial charge is 0.493 e. The molecule has 0 aliphatic rings.